The Morgan fingerprint density at radius 2 is 1.85 bits per heavy atom. The first-order chi connectivity index (χ1) is 16.1. The van der Waals surface area contributed by atoms with Gasteiger partial charge in [-0.05, 0) is 86.1 Å². The molecule has 0 unspecified atom stereocenters. The second kappa shape index (κ2) is 7.68. The molecule has 0 aliphatic heterocycles. The van der Waals surface area contributed by atoms with Crippen LogP contribution in [0, 0.1) is 23.2 Å². The molecule has 180 valence electrons. The van der Waals surface area contributed by atoms with Gasteiger partial charge in [0.15, 0.2) is 0 Å². The van der Waals surface area contributed by atoms with Crippen LogP contribution in [0.4, 0.5) is 18.9 Å². The fourth-order valence-corrected chi connectivity index (χ4v) is 8.90. The Hall–Kier alpha value is -2.13. The van der Waals surface area contributed by atoms with Gasteiger partial charge < -0.3 is 11.1 Å². The number of nitrogen functional groups attached to an aromatic ring is 1. The van der Waals surface area contributed by atoms with Crippen LogP contribution in [0.5, 0.6) is 0 Å². The summed E-state index contributed by atoms with van der Waals surface area (Å²) in [5, 5.41) is 4.76. The van der Waals surface area contributed by atoms with Gasteiger partial charge in [-0.15, -0.1) is 22.7 Å². The minimum atomic E-state index is -4.61. The van der Waals surface area contributed by atoms with Gasteiger partial charge >= 0.3 is 6.18 Å². The minimum Gasteiger partial charge on any atom is -0.397 e. The molecule has 4 fully saturated rings. The standard InChI is InChI=1S/C25H26F3N3OS2/c1-12(24-9-13-5-14(10-24)7-15(6-13)11-24)30-22(32)21-20(29)19-16(25(26,27)28)8-17(31-23(19)34-21)18-3-2-4-33-18/h2-4,8,12-15H,5-7,9-11,29H2,1H3,(H,30,32)/t12-,13?,14?,15?,24?/m1/s1. The Balaban J connectivity index is 1.35. The maximum atomic E-state index is 14.0. The summed E-state index contributed by atoms with van der Waals surface area (Å²) in [6.07, 6.45) is 2.71. The number of fused-ring (bicyclic) bond motifs is 1. The fraction of sp³-hybridized carbons (Fsp3) is 0.520. The van der Waals surface area contributed by atoms with Crippen LogP contribution in [0.2, 0.25) is 0 Å². The average Bonchev–Trinajstić information content (AvgIpc) is 3.40. The van der Waals surface area contributed by atoms with E-state index in [-0.39, 0.29) is 37.9 Å². The van der Waals surface area contributed by atoms with Gasteiger partial charge in [0, 0.05) is 11.4 Å². The van der Waals surface area contributed by atoms with Crippen LogP contribution in [-0.2, 0) is 6.18 Å². The highest BCUT2D eigenvalue weighted by molar-refractivity contribution is 7.21. The molecule has 4 aliphatic rings. The molecule has 9 heteroatoms. The number of anilines is 1. The van der Waals surface area contributed by atoms with Crippen molar-refractivity contribution >= 4 is 44.5 Å². The number of hydrogen-bond acceptors (Lipinski definition) is 5. The highest BCUT2D eigenvalue weighted by atomic mass is 32.1. The zero-order valence-electron chi connectivity index (χ0n) is 18.7. The van der Waals surface area contributed by atoms with Crippen molar-refractivity contribution in [3.63, 3.8) is 0 Å². The molecule has 3 N–H and O–H groups in total. The summed E-state index contributed by atoms with van der Waals surface area (Å²) in [4.78, 5) is 18.7. The van der Waals surface area contributed by atoms with Gasteiger partial charge in [-0.25, -0.2) is 4.98 Å². The van der Waals surface area contributed by atoms with Gasteiger partial charge in [-0.2, -0.15) is 13.2 Å². The van der Waals surface area contributed by atoms with Gasteiger partial charge in [0.2, 0.25) is 0 Å². The van der Waals surface area contributed by atoms with Crippen LogP contribution >= 0.6 is 22.7 Å². The quantitative estimate of drug-likeness (QED) is 0.403. The lowest BCUT2D eigenvalue weighted by molar-refractivity contribution is -0.136. The molecule has 0 radical (unpaired) electrons. The maximum Gasteiger partial charge on any atom is 0.417 e. The number of carbonyl (C=O) groups excluding carboxylic acids is 1. The third kappa shape index (κ3) is 3.54. The molecular weight excluding hydrogens is 479 g/mol. The van der Waals surface area contributed by atoms with E-state index >= 15 is 0 Å². The first kappa shape index (κ1) is 22.3. The number of aromatic nitrogens is 1. The Labute approximate surface area is 203 Å². The van der Waals surface area contributed by atoms with E-state index in [9.17, 15) is 18.0 Å². The van der Waals surface area contributed by atoms with Gasteiger partial charge in [-0.3, -0.25) is 4.79 Å². The fourth-order valence-electron chi connectivity index (χ4n) is 7.19. The maximum absolute atomic E-state index is 14.0. The number of hydrogen-bond donors (Lipinski definition) is 2. The van der Waals surface area contributed by atoms with Gasteiger partial charge in [0.25, 0.3) is 5.91 Å². The predicted octanol–water partition coefficient (Wildman–Crippen LogP) is 6.96. The molecule has 1 atom stereocenters. The van der Waals surface area contributed by atoms with Crippen molar-refractivity contribution in [1.29, 1.82) is 0 Å². The second-order valence-corrected chi connectivity index (χ2v) is 12.5. The number of alkyl halides is 3. The Bertz CT molecular complexity index is 1230. The monoisotopic (exact) mass is 505 g/mol. The number of carbonyl (C=O) groups is 1. The van der Waals surface area contributed by atoms with Crippen LogP contribution in [0.1, 0.15) is 60.7 Å². The summed E-state index contributed by atoms with van der Waals surface area (Å²) < 4.78 is 42.0. The van der Waals surface area contributed by atoms with Gasteiger partial charge in [0.1, 0.15) is 9.71 Å². The largest absolute Gasteiger partial charge is 0.417 e. The average molecular weight is 506 g/mol. The topological polar surface area (TPSA) is 68.0 Å². The number of thiophene rings is 2. The van der Waals surface area contributed by atoms with E-state index in [1.165, 1.54) is 30.6 Å². The number of pyridine rings is 1. The highest BCUT2D eigenvalue weighted by Gasteiger charge is 2.53. The normalized spacial score (nSPS) is 29.0. The zero-order chi connectivity index (χ0) is 23.8. The molecule has 7 rings (SSSR count). The van der Waals surface area contributed by atoms with E-state index in [4.69, 9.17) is 5.73 Å². The van der Waals surface area contributed by atoms with E-state index in [0.717, 1.165) is 54.4 Å². The van der Waals surface area contributed by atoms with Crippen LogP contribution in [0.15, 0.2) is 23.6 Å². The van der Waals surface area contributed by atoms with E-state index in [1.807, 2.05) is 0 Å². The first-order valence-electron chi connectivity index (χ1n) is 11.8. The van der Waals surface area contributed by atoms with Gasteiger partial charge in [0.05, 0.1) is 21.8 Å². The molecule has 0 saturated heterocycles. The molecule has 4 saturated carbocycles. The van der Waals surface area contributed by atoms with E-state index < -0.39 is 17.6 Å². The van der Waals surface area contributed by atoms with Crippen molar-refractivity contribution < 1.29 is 18.0 Å². The van der Waals surface area contributed by atoms with Crippen LogP contribution < -0.4 is 11.1 Å². The van der Waals surface area contributed by atoms with Crippen molar-refractivity contribution in [2.45, 2.75) is 57.7 Å². The van der Waals surface area contributed by atoms with E-state index in [0.29, 0.717) is 4.88 Å². The lowest BCUT2D eigenvalue weighted by atomic mass is 9.48. The molecule has 3 heterocycles. The number of rotatable bonds is 4. The van der Waals surface area contributed by atoms with E-state index in [2.05, 4.69) is 17.2 Å². The lowest BCUT2D eigenvalue weighted by Gasteiger charge is -2.59. The summed E-state index contributed by atoms with van der Waals surface area (Å²) in [6, 6.07) is 4.50. The summed E-state index contributed by atoms with van der Waals surface area (Å²) in [5.74, 6) is 1.84. The van der Waals surface area contributed by atoms with Gasteiger partial charge in [-0.1, -0.05) is 6.07 Å². The van der Waals surface area contributed by atoms with Crippen LogP contribution in [0.25, 0.3) is 20.8 Å². The molecular formula is C25H26F3N3OS2. The first-order valence-corrected chi connectivity index (χ1v) is 13.5. The number of nitrogens with one attached hydrogen (secondary N) is 1. The van der Waals surface area contributed by atoms with Crippen LogP contribution in [-0.4, -0.2) is 16.9 Å². The number of nitrogens with two attached hydrogens (primary N) is 1. The summed E-state index contributed by atoms with van der Waals surface area (Å²) in [6.45, 7) is 2.06. The Morgan fingerprint density at radius 1 is 1.21 bits per heavy atom. The summed E-state index contributed by atoms with van der Waals surface area (Å²) in [5.41, 5.74) is 5.56. The van der Waals surface area contributed by atoms with Crippen molar-refractivity contribution in [3.05, 3.63) is 34.0 Å². The molecule has 34 heavy (non-hydrogen) atoms. The van der Waals surface area contributed by atoms with Crippen molar-refractivity contribution in [1.82, 2.24) is 10.3 Å². The molecule has 1 amide bonds. The third-order valence-corrected chi connectivity index (χ3v) is 10.3. The molecule has 0 aromatic carbocycles. The summed E-state index contributed by atoms with van der Waals surface area (Å²) in [7, 11) is 0. The minimum absolute atomic E-state index is 0.0465. The smallest absolute Gasteiger partial charge is 0.397 e. The number of halogens is 3. The molecule has 3 aromatic heterocycles. The highest BCUT2D eigenvalue weighted by Crippen LogP contribution is 2.61. The predicted molar refractivity (Wildman–Crippen MR) is 130 cm³/mol. The molecule has 4 bridgehead atoms. The SMILES string of the molecule is C[C@@H](NC(=O)c1sc2nc(-c3cccs3)cc(C(F)(F)F)c2c1N)C12CC3CC(CC(C3)C1)C2. The molecule has 4 aliphatic carbocycles. The Morgan fingerprint density at radius 3 is 2.41 bits per heavy atom. The molecule has 3 aromatic rings. The number of nitrogens with zero attached hydrogens (tertiary/aromatic N) is 1. The van der Waals surface area contributed by atoms with Crippen molar-refractivity contribution in [2.24, 2.45) is 23.2 Å². The van der Waals surface area contributed by atoms with Crippen molar-refractivity contribution in [3.8, 4) is 10.6 Å². The second-order valence-electron chi connectivity index (χ2n) is 10.5. The molecule has 0 spiro atoms. The summed E-state index contributed by atoms with van der Waals surface area (Å²) >= 11 is 2.27. The van der Waals surface area contributed by atoms with Crippen LogP contribution in [0.3, 0.4) is 0 Å². The van der Waals surface area contributed by atoms with Crippen molar-refractivity contribution in [2.75, 3.05) is 5.73 Å². The van der Waals surface area contributed by atoms with E-state index in [1.54, 1.807) is 17.5 Å². The lowest BCUT2D eigenvalue weighted by Crippen LogP contribution is -2.55. The number of amides is 1. The third-order valence-electron chi connectivity index (χ3n) is 8.34. The Kier molecular flexibility index (Phi) is 5.05. The zero-order valence-corrected chi connectivity index (χ0v) is 20.4. The molecule has 4 nitrogen and oxygen atoms in total.